The topological polar surface area (TPSA) is 66.5 Å². The number of ketones is 1. The molecular formula is C19H22N2O3S. The number of carbonyl (C=O) groups is 1. The second kappa shape index (κ2) is 7.47. The summed E-state index contributed by atoms with van der Waals surface area (Å²) in [5.41, 5.74) is 0.710. The van der Waals surface area contributed by atoms with E-state index in [9.17, 15) is 13.2 Å². The Morgan fingerprint density at radius 3 is 2.52 bits per heavy atom. The molecule has 0 aliphatic carbocycles. The van der Waals surface area contributed by atoms with Crippen molar-refractivity contribution in [1.29, 1.82) is 0 Å². The second-order valence-corrected chi connectivity index (χ2v) is 8.02. The number of carbonyl (C=O) groups excluding carboxylic acids is 1. The number of sulfonamides is 1. The highest BCUT2D eigenvalue weighted by molar-refractivity contribution is 7.89. The van der Waals surface area contributed by atoms with Gasteiger partial charge in [0.05, 0.1) is 4.90 Å². The first-order valence-corrected chi connectivity index (χ1v) is 9.85. The molecule has 1 N–H and O–H groups in total. The lowest BCUT2D eigenvalue weighted by molar-refractivity contribution is 0.103. The van der Waals surface area contributed by atoms with Crippen LogP contribution in [0.3, 0.4) is 0 Å². The van der Waals surface area contributed by atoms with Gasteiger partial charge in [0.15, 0.2) is 5.78 Å². The Balaban J connectivity index is 2.02. The molecule has 1 atom stereocenters. The van der Waals surface area contributed by atoms with Crippen LogP contribution in [0.1, 0.15) is 28.8 Å². The Kier molecular flexibility index (Phi) is 5.32. The van der Waals surface area contributed by atoms with Gasteiger partial charge in [-0.3, -0.25) is 4.79 Å². The van der Waals surface area contributed by atoms with Gasteiger partial charge in [0.2, 0.25) is 10.0 Å². The highest BCUT2D eigenvalue weighted by Gasteiger charge is 2.36. The molecule has 0 saturated carbocycles. The number of hydrogen-bond acceptors (Lipinski definition) is 4. The third-order valence-corrected chi connectivity index (χ3v) is 6.53. The molecule has 6 heteroatoms. The molecule has 1 aliphatic heterocycles. The van der Waals surface area contributed by atoms with Crippen LogP contribution < -0.4 is 5.32 Å². The van der Waals surface area contributed by atoms with E-state index in [-0.39, 0.29) is 22.3 Å². The molecule has 1 fully saturated rings. The number of rotatable bonds is 6. The summed E-state index contributed by atoms with van der Waals surface area (Å²) in [6, 6.07) is 15.2. The maximum Gasteiger partial charge on any atom is 0.244 e. The van der Waals surface area contributed by atoms with E-state index >= 15 is 0 Å². The van der Waals surface area contributed by atoms with Gasteiger partial charge in [-0.1, -0.05) is 42.5 Å². The average molecular weight is 358 g/mol. The lowest BCUT2D eigenvalue weighted by Gasteiger charge is -2.24. The smallest absolute Gasteiger partial charge is 0.244 e. The number of hydrogen-bond donors (Lipinski definition) is 1. The lowest BCUT2D eigenvalue weighted by Crippen LogP contribution is -2.41. The van der Waals surface area contributed by atoms with Crippen molar-refractivity contribution < 1.29 is 13.2 Å². The molecule has 1 aliphatic rings. The van der Waals surface area contributed by atoms with Crippen molar-refractivity contribution in [1.82, 2.24) is 9.62 Å². The number of nitrogens with zero attached hydrogens (tertiary/aromatic N) is 1. The minimum Gasteiger partial charge on any atom is -0.318 e. The van der Waals surface area contributed by atoms with Crippen LogP contribution in [0.5, 0.6) is 0 Å². The summed E-state index contributed by atoms with van der Waals surface area (Å²) in [7, 11) is -1.91. The summed E-state index contributed by atoms with van der Waals surface area (Å²) < 4.78 is 28.0. The van der Waals surface area contributed by atoms with E-state index in [0.717, 1.165) is 12.8 Å². The molecule has 5 nitrogen and oxygen atoms in total. The van der Waals surface area contributed by atoms with Crippen LogP contribution in [0.2, 0.25) is 0 Å². The Morgan fingerprint density at radius 2 is 1.80 bits per heavy atom. The van der Waals surface area contributed by atoms with Crippen LogP contribution in [0.4, 0.5) is 0 Å². The Labute approximate surface area is 148 Å². The van der Waals surface area contributed by atoms with Gasteiger partial charge in [-0.25, -0.2) is 8.42 Å². The van der Waals surface area contributed by atoms with E-state index in [1.165, 1.54) is 10.4 Å². The zero-order chi connectivity index (χ0) is 17.9. The summed E-state index contributed by atoms with van der Waals surface area (Å²) in [6.45, 7) is 1.09. The van der Waals surface area contributed by atoms with Crippen LogP contribution in [-0.2, 0) is 10.0 Å². The van der Waals surface area contributed by atoms with Crippen molar-refractivity contribution in [3.63, 3.8) is 0 Å². The highest BCUT2D eigenvalue weighted by atomic mass is 32.2. The molecule has 25 heavy (non-hydrogen) atoms. The highest BCUT2D eigenvalue weighted by Crippen LogP contribution is 2.28. The van der Waals surface area contributed by atoms with E-state index in [2.05, 4.69) is 5.32 Å². The van der Waals surface area contributed by atoms with Gasteiger partial charge in [-0.2, -0.15) is 4.31 Å². The molecule has 0 amide bonds. The molecule has 0 spiro atoms. The third kappa shape index (κ3) is 3.51. The van der Waals surface area contributed by atoms with Crippen molar-refractivity contribution in [2.75, 3.05) is 20.1 Å². The summed E-state index contributed by atoms with van der Waals surface area (Å²) >= 11 is 0. The number of benzene rings is 2. The van der Waals surface area contributed by atoms with Gasteiger partial charge in [-0.15, -0.1) is 0 Å². The Morgan fingerprint density at radius 1 is 1.12 bits per heavy atom. The van der Waals surface area contributed by atoms with E-state index < -0.39 is 10.0 Å². The van der Waals surface area contributed by atoms with Crippen molar-refractivity contribution >= 4 is 15.8 Å². The molecule has 1 heterocycles. The average Bonchev–Trinajstić information content (AvgIpc) is 3.11. The maximum atomic E-state index is 13.2. The molecule has 1 saturated heterocycles. The fraction of sp³-hybridized carbons (Fsp3) is 0.316. The van der Waals surface area contributed by atoms with Crippen molar-refractivity contribution in [3.05, 3.63) is 65.7 Å². The maximum absolute atomic E-state index is 13.2. The predicted octanol–water partition coefficient (Wildman–Crippen LogP) is 2.29. The third-order valence-electron chi connectivity index (χ3n) is 4.52. The molecule has 2 aromatic rings. The summed E-state index contributed by atoms with van der Waals surface area (Å²) in [6.07, 6.45) is 1.66. The zero-order valence-electron chi connectivity index (χ0n) is 14.2. The van der Waals surface area contributed by atoms with Gasteiger partial charge in [-0.05, 0) is 32.0 Å². The SMILES string of the molecule is CNCC1CCCN1S(=O)(=O)c1ccccc1C(=O)c1ccccc1. The van der Waals surface area contributed by atoms with E-state index in [1.807, 2.05) is 13.1 Å². The quantitative estimate of drug-likeness (QED) is 0.805. The summed E-state index contributed by atoms with van der Waals surface area (Å²) in [4.78, 5) is 12.9. The largest absolute Gasteiger partial charge is 0.318 e. The second-order valence-electron chi connectivity index (χ2n) is 6.16. The van der Waals surface area contributed by atoms with E-state index in [1.54, 1.807) is 42.5 Å². The van der Waals surface area contributed by atoms with Gasteiger partial charge in [0.1, 0.15) is 0 Å². The van der Waals surface area contributed by atoms with Crippen molar-refractivity contribution in [2.24, 2.45) is 0 Å². The monoisotopic (exact) mass is 358 g/mol. The van der Waals surface area contributed by atoms with E-state index in [4.69, 9.17) is 0 Å². The molecule has 3 rings (SSSR count). The van der Waals surface area contributed by atoms with Crippen LogP contribution in [0.15, 0.2) is 59.5 Å². The molecule has 2 aromatic carbocycles. The normalized spacial score (nSPS) is 18.4. The standard InChI is InChI=1S/C19H22N2O3S/c1-20-14-16-10-7-13-21(16)25(23,24)18-12-6-5-11-17(18)19(22)15-8-3-2-4-9-15/h2-6,8-9,11-12,16,20H,7,10,13-14H2,1H3. The molecule has 0 aromatic heterocycles. The number of likely N-dealkylation sites (N-methyl/N-ethyl adjacent to an activating group) is 1. The minimum atomic E-state index is -3.72. The van der Waals surface area contributed by atoms with Gasteiger partial charge in [0, 0.05) is 30.3 Å². The summed E-state index contributed by atoms with van der Waals surface area (Å²) in [5.74, 6) is -0.274. The molecule has 132 valence electrons. The van der Waals surface area contributed by atoms with Crippen molar-refractivity contribution in [3.8, 4) is 0 Å². The van der Waals surface area contributed by atoms with Crippen molar-refractivity contribution in [2.45, 2.75) is 23.8 Å². The van der Waals surface area contributed by atoms with Crippen LogP contribution in [0.25, 0.3) is 0 Å². The van der Waals surface area contributed by atoms with Gasteiger partial charge < -0.3 is 5.32 Å². The zero-order valence-corrected chi connectivity index (χ0v) is 15.0. The molecule has 1 unspecified atom stereocenters. The van der Waals surface area contributed by atoms with Crippen LogP contribution in [0, 0.1) is 0 Å². The molecule has 0 radical (unpaired) electrons. The fourth-order valence-corrected chi connectivity index (χ4v) is 5.20. The lowest BCUT2D eigenvalue weighted by atomic mass is 10.0. The van der Waals surface area contributed by atoms with E-state index in [0.29, 0.717) is 18.7 Å². The van der Waals surface area contributed by atoms with Gasteiger partial charge in [0.25, 0.3) is 0 Å². The first-order valence-electron chi connectivity index (χ1n) is 8.41. The predicted molar refractivity (Wildman–Crippen MR) is 97.2 cm³/mol. The fourth-order valence-electron chi connectivity index (χ4n) is 3.32. The first kappa shape index (κ1) is 17.8. The summed E-state index contributed by atoms with van der Waals surface area (Å²) in [5, 5.41) is 3.05. The Hall–Kier alpha value is -2.02. The number of nitrogens with one attached hydrogen (secondary N) is 1. The molecule has 0 bridgehead atoms. The Bertz CT molecular complexity index is 850. The molecular weight excluding hydrogens is 336 g/mol. The van der Waals surface area contributed by atoms with Gasteiger partial charge >= 0.3 is 0 Å². The van der Waals surface area contributed by atoms with Crippen LogP contribution >= 0.6 is 0 Å². The van der Waals surface area contributed by atoms with Crippen LogP contribution in [-0.4, -0.2) is 44.7 Å². The first-order chi connectivity index (χ1) is 12.1. The minimum absolute atomic E-state index is 0.0742.